The number of nitrogens with one attached hydrogen (secondary N) is 1. The molecule has 0 unspecified atom stereocenters. The second kappa shape index (κ2) is 11.0. The minimum absolute atomic E-state index is 0.660. The van der Waals surface area contributed by atoms with E-state index in [0.29, 0.717) is 13.2 Å². The molecule has 0 amide bonds. The molecule has 5 nitrogen and oxygen atoms in total. The number of methoxy groups -OCH3 is 1. The van der Waals surface area contributed by atoms with Crippen LogP contribution < -0.4 is 5.32 Å². The van der Waals surface area contributed by atoms with Crippen molar-refractivity contribution in [2.45, 2.75) is 32.6 Å². The summed E-state index contributed by atoms with van der Waals surface area (Å²) in [7, 11) is 1.68. The summed E-state index contributed by atoms with van der Waals surface area (Å²) in [6, 6.07) is 1.91. The fraction of sp³-hybridized carbons (Fsp3) is 0.714. The molecule has 0 radical (unpaired) electrons. The Bertz CT molecular complexity index is 377. The topological polar surface area (TPSA) is 56.3 Å². The van der Waals surface area contributed by atoms with Crippen LogP contribution in [0.5, 0.6) is 0 Å². The molecule has 0 saturated heterocycles. The molecule has 0 spiro atoms. The maximum absolute atomic E-state index is 5.41. The number of nitrogens with zero attached hydrogens (tertiary/aromatic N) is 2. The van der Waals surface area contributed by atoms with E-state index in [0.717, 1.165) is 55.1 Å². The van der Waals surface area contributed by atoms with E-state index < -0.39 is 0 Å². The molecule has 0 aliphatic carbocycles. The maximum Gasteiger partial charge on any atom is 0.132 e. The number of aromatic nitrogens is 2. The van der Waals surface area contributed by atoms with E-state index in [9.17, 15) is 0 Å². The van der Waals surface area contributed by atoms with Crippen molar-refractivity contribution in [3.8, 4) is 0 Å². The maximum atomic E-state index is 5.41. The third-order valence-electron chi connectivity index (χ3n) is 2.67. The predicted molar refractivity (Wildman–Crippen MR) is 84.1 cm³/mol. The zero-order chi connectivity index (χ0) is 14.6. The van der Waals surface area contributed by atoms with Gasteiger partial charge >= 0.3 is 0 Å². The number of ether oxygens (including phenoxy) is 2. The van der Waals surface area contributed by atoms with Crippen LogP contribution in [0.25, 0.3) is 0 Å². The van der Waals surface area contributed by atoms with Crippen molar-refractivity contribution in [2.24, 2.45) is 0 Å². The number of hydrogen-bond donors (Lipinski definition) is 1. The van der Waals surface area contributed by atoms with Crippen molar-refractivity contribution in [3.63, 3.8) is 0 Å². The van der Waals surface area contributed by atoms with Crippen LogP contribution in [0.2, 0.25) is 0 Å². The minimum atomic E-state index is 0.660. The van der Waals surface area contributed by atoms with Gasteiger partial charge in [-0.15, -0.1) is 0 Å². The van der Waals surface area contributed by atoms with Crippen LogP contribution in [0.3, 0.4) is 0 Å². The third-order valence-corrected chi connectivity index (χ3v) is 3.07. The minimum Gasteiger partial charge on any atom is -0.382 e. The van der Waals surface area contributed by atoms with E-state index in [1.807, 2.05) is 6.07 Å². The quantitative estimate of drug-likeness (QED) is 0.493. The number of halogens is 1. The van der Waals surface area contributed by atoms with Gasteiger partial charge in [-0.25, -0.2) is 9.97 Å². The monoisotopic (exact) mass is 345 g/mol. The van der Waals surface area contributed by atoms with Crippen LogP contribution in [-0.2, 0) is 15.9 Å². The molecule has 1 N–H and O–H groups in total. The first-order chi connectivity index (χ1) is 9.76. The molecule has 1 heterocycles. The molecular weight excluding hydrogens is 322 g/mol. The van der Waals surface area contributed by atoms with E-state index >= 15 is 0 Å². The molecule has 1 aromatic heterocycles. The van der Waals surface area contributed by atoms with Gasteiger partial charge in [-0.3, -0.25) is 0 Å². The van der Waals surface area contributed by atoms with Gasteiger partial charge in [0.25, 0.3) is 0 Å². The van der Waals surface area contributed by atoms with E-state index in [1.54, 1.807) is 7.11 Å². The third kappa shape index (κ3) is 7.77. The zero-order valence-electron chi connectivity index (χ0n) is 12.3. The highest BCUT2D eigenvalue weighted by Crippen LogP contribution is 2.13. The molecule has 114 valence electrons. The smallest absolute Gasteiger partial charge is 0.132 e. The van der Waals surface area contributed by atoms with E-state index in [2.05, 4.69) is 38.1 Å². The summed E-state index contributed by atoms with van der Waals surface area (Å²) in [6.07, 6.45) is 4.04. The Balaban J connectivity index is 2.18. The van der Waals surface area contributed by atoms with Gasteiger partial charge in [0, 0.05) is 32.7 Å². The van der Waals surface area contributed by atoms with Gasteiger partial charge in [-0.1, -0.05) is 6.92 Å². The first kappa shape index (κ1) is 17.3. The zero-order valence-corrected chi connectivity index (χ0v) is 13.9. The number of rotatable bonds is 11. The van der Waals surface area contributed by atoms with Gasteiger partial charge in [0.2, 0.25) is 0 Å². The van der Waals surface area contributed by atoms with E-state index in [4.69, 9.17) is 9.47 Å². The van der Waals surface area contributed by atoms with Gasteiger partial charge in [-0.2, -0.15) is 0 Å². The Morgan fingerprint density at radius 3 is 2.80 bits per heavy atom. The molecule has 0 aliphatic heterocycles. The first-order valence-electron chi connectivity index (χ1n) is 7.10. The highest BCUT2D eigenvalue weighted by molar-refractivity contribution is 9.10. The van der Waals surface area contributed by atoms with E-state index in [1.165, 1.54) is 0 Å². The lowest BCUT2D eigenvalue weighted by molar-refractivity contribution is 0.0691. The van der Waals surface area contributed by atoms with E-state index in [-0.39, 0.29) is 0 Å². The normalized spacial score (nSPS) is 10.8. The highest BCUT2D eigenvalue weighted by atomic mass is 79.9. The van der Waals surface area contributed by atoms with Crippen LogP contribution in [0.15, 0.2) is 10.7 Å². The molecule has 0 aromatic carbocycles. The van der Waals surface area contributed by atoms with Crippen LogP contribution in [-0.4, -0.2) is 43.4 Å². The average molecular weight is 346 g/mol. The van der Waals surface area contributed by atoms with Gasteiger partial charge in [0.1, 0.15) is 16.2 Å². The summed E-state index contributed by atoms with van der Waals surface area (Å²) in [4.78, 5) is 8.83. The lowest BCUT2D eigenvalue weighted by Crippen LogP contribution is -2.08. The summed E-state index contributed by atoms with van der Waals surface area (Å²) in [5, 5.41) is 3.33. The van der Waals surface area contributed by atoms with Crippen LogP contribution in [0, 0.1) is 0 Å². The standard InChI is InChI=1S/C14H24BrN3O2/c1-3-6-13-17-12(15)11-14(18-13)16-7-4-5-8-20-10-9-19-2/h11H,3-10H2,1-2H3,(H,16,17,18). The average Bonchev–Trinajstić information content (AvgIpc) is 2.41. The van der Waals surface area contributed by atoms with Crippen molar-refractivity contribution < 1.29 is 9.47 Å². The van der Waals surface area contributed by atoms with Crippen LogP contribution in [0.1, 0.15) is 32.0 Å². The number of hydrogen-bond acceptors (Lipinski definition) is 5. The Morgan fingerprint density at radius 1 is 1.20 bits per heavy atom. The summed E-state index contributed by atoms with van der Waals surface area (Å²) in [5.74, 6) is 1.77. The summed E-state index contributed by atoms with van der Waals surface area (Å²) in [5.41, 5.74) is 0. The molecule has 0 saturated carbocycles. The lowest BCUT2D eigenvalue weighted by Gasteiger charge is -2.08. The summed E-state index contributed by atoms with van der Waals surface area (Å²) in [6.45, 7) is 5.12. The van der Waals surface area contributed by atoms with Gasteiger partial charge in [-0.05, 0) is 35.2 Å². The SMILES string of the molecule is CCCc1nc(Br)cc(NCCCCOCCOC)n1. The molecule has 1 aromatic rings. The number of aryl methyl sites for hydroxylation is 1. The van der Waals surface area contributed by atoms with Crippen molar-refractivity contribution in [3.05, 3.63) is 16.5 Å². The lowest BCUT2D eigenvalue weighted by atomic mass is 10.3. The summed E-state index contributed by atoms with van der Waals surface area (Å²) >= 11 is 3.42. The van der Waals surface area contributed by atoms with Crippen molar-refractivity contribution in [1.82, 2.24) is 9.97 Å². The second-order valence-electron chi connectivity index (χ2n) is 4.48. The Kier molecular flexibility index (Phi) is 9.53. The molecular formula is C14H24BrN3O2. The fourth-order valence-electron chi connectivity index (χ4n) is 1.68. The molecule has 20 heavy (non-hydrogen) atoms. The first-order valence-corrected chi connectivity index (χ1v) is 7.89. The van der Waals surface area contributed by atoms with Crippen LogP contribution in [0.4, 0.5) is 5.82 Å². The van der Waals surface area contributed by atoms with Gasteiger partial charge in [0.05, 0.1) is 13.2 Å². The molecule has 1 rings (SSSR count). The number of anilines is 1. The molecule has 0 fully saturated rings. The molecule has 0 atom stereocenters. The van der Waals surface area contributed by atoms with Crippen molar-refractivity contribution in [1.29, 1.82) is 0 Å². The predicted octanol–water partition coefficient (Wildman–Crippen LogP) is 3.05. The van der Waals surface area contributed by atoms with Gasteiger partial charge in [0.15, 0.2) is 0 Å². The Hall–Kier alpha value is -0.720. The summed E-state index contributed by atoms with van der Waals surface area (Å²) < 4.78 is 11.2. The molecule has 6 heteroatoms. The molecule has 0 bridgehead atoms. The van der Waals surface area contributed by atoms with Crippen molar-refractivity contribution in [2.75, 3.05) is 38.8 Å². The Morgan fingerprint density at radius 2 is 2.05 bits per heavy atom. The van der Waals surface area contributed by atoms with Crippen LogP contribution >= 0.6 is 15.9 Å². The van der Waals surface area contributed by atoms with Crippen molar-refractivity contribution >= 4 is 21.7 Å². The second-order valence-corrected chi connectivity index (χ2v) is 5.29. The largest absolute Gasteiger partial charge is 0.382 e. The van der Waals surface area contributed by atoms with Gasteiger partial charge < -0.3 is 14.8 Å². The molecule has 0 aliphatic rings. The highest BCUT2D eigenvalue weighted by Gasteiger charge is 2.02. The number of unbranched alkanes of at least 4 members (excludes halogenated alkanes) is 1. The fourth-order valence-corrected chi connectivity index (χ4v) is 2.10. The Labute approximate surface area is 129 Å².